The summed E-state index contributed by atoms with van der Waals surface area (Å²) in [6, 6.07) is 7.80. The van der Waals surface area contributed by atoms with E-state index in [-0.39, 0.29) is 0 Å². The van der Waals surface area contributed by atoms with Crippen molar-refractivity contribution in [2.75, 3.05) is 18.4 Å². The van der Waals surface area contributed by atoms with E-state index in [1.807, 2.05) is 24.3 Å². The molecule has 0 unspecified atom stereocenters. The van der Waals surface area contributed by atoms with Crippen molar-refractivity contribution in [3.63, 3.8) is 0 Å². The van der Waals surface area contributed by atoms with Crippen molar-refractivity contribution in [2.45, 2.75) is 26.3 Å². The zero-order chi connectivity index (χ0) is 18.3. The van der Waals surface area contributed by atoms with Crippen LogP contribution >= 0.6 is 22.7 Å². The molecule has 0 fully saturated rings. The molecule has 136 valence electrons. The van der Waals surface area contributed by atoms with E-state index in [4.69, 9.17) is 0 Å². The Labute approximate surface area is 157 Å². The number of thiophene rings is 1. The lowest BCUT2D eigenvalue weighted by Crippen LogP contribution is -2.29. The number of nitrogens with zero attached hydrogens (tertiary/aromatic N) is 2. The summed E-state index contributed by atoms with van der Waals surface area (Å²) in [7, 11) is 0. The summed E-state index contributed by atoms with van der Waals surface area (Å²) in [6.45, 7) is 4.73. The smallest absolute Gasteiger partial charge is 0.312 e. The SMILES string of the molecule is CCN1CCc2c(sc(NC(=O)C(F)F)c2-c2nc3ccccc3s2)C1. The van der Waals surface area contributed by atoms with Crippen molar-refractivity contribution >= 4 is 43.8 Å². The van der Waals surface area contributed by atoms with E-state index in [2.05, 4.69) is 22.1 Å². The van der Waals surface area contributed by atoms with Crippen molar-refractivity contribution in [1.82, 2.24) is 9.88 Å². The lowest BCUT2D eigenvalue weighted by Gasteiger charge is -2.25. The summed E-state index contributed by atoms with van der Waals surface area (Å²) in [6.07, 6.45) is -2.21. The average molecular weight is 393 g/mol. The van der Waals surface area contributed by atoms with E-state index < -0.39 is 12.3 Å². The van der Waals surface area contributed by atoms with Gasteiger partial charge in [-0.2, -0.15) is 8.78 Å². The maximum Gasteiger partial charge on any atom is 0.315 e. The zero-order valence-electron chi connectivity index (χ0n) is 14.1. The first-order valence-electron chi connectivity index (χ1n) is 8.38. The summed E-state index contributed by atoms with van der Waals surface area (Å²) < 4.78 is 26.6. The lowest BCUT2D eigenvalue weighted by molar-refractivity contribution is -0.126. The quantitative estimate of drug-likeness (QED) is 0.704. The third-order valence-corrected chi connectivity index (χ3v) is 6.71. The van der Waals surface area contributed by atoms with Crippen LogP contribution in [0.3, 0.4) is 0 Å². The number of benzene rings is 1. The van der Waals surface area contributed by atoms with Crippen LogP contribution in [0, 0.1) is 0 Å². The zero-order valence-corrected chi connectivity index (χ0v) is 15.7. The predicted molar refractivity (Wildman–Crippen MR) is 102 cm³/mol. The van der Waals surface area contributed by atoms with Crippen molar-refractivity contribution < 1.29 is 13.6 Å². The summed E-state index contributed by atoms with van der Waals surface area (Å²) in [4.78, 5) is 19.7. The van der Waals surface area contributed by atoms with Crippen molar-refractivity contribution in [3.05, 3.63) is 34.7 Å². The van der Waals surface area contributed by atoms with E-state index in [0.717, 1.165) is 57.3 Å². The fourth-order valence-corrected chi connectivity index (χ4v) is 5.59. The van der Waals surface area contributed by atoms with E-state index in [1.165, 1.54) is 22.7 Å². The molecule has 3 aromatic rings. The third kappa shape index (κ3) is 3.13. The number of carbonyl (C=O) groups excluding carboxylic acids is 1. The molecule has 1 aliphatic rings. The van der Waals surface area contributed by atoms with Gasteiger partial charge in [-0.1, -0.05) is 19.1 Å². The van der Waals surface area contributed by atoms with Gasteiger partial charge in [-0.15, -0.1) is 22.7 Å². The highest BCUT2D eigenvalue weighted by Crippen LogP contribution is 2.45. The minimum absolute atomic E-state index is 0.484. The molecular formula is C18H17F2N3OS2. The van der Waals surface area contributed by atoms with Crippen LogP contribution in [0.25, 0.3) is 20.8 Å². The van der Waals surface area contributed by atoms with E-state index >= 15 is 0 Å². The molecule has 4 rings (SSSR count). The molecule has 8 heteroatoms. The van der Waals surface area contributed by atoms with E-state index in [1.54, 1.807) is 0 Å². The maximum absolute atomic E-state index is 12.8. The van der Waals surface area contributed by atoms with E-state index in [9.17, 15) is 13.6 Å². The van der Waals surface area contributed by atoms with E-state index in [0.29, 0.717) is 5.00 Å². The lowest BCUT2D eigenvalue weighted by atomic mass is 10.0. The molecule has 3 heterocycles. The molecule has 0 radical (unpaired) electrons. The van der Waals surface area contributed by atoms with Crippen molar-refractivity contribution in [1.29, 1.82) is 0 Å². The normalized spacial score (nSPS) is 14.8. The minimum Gasteiger partial charge on any atom is -0.312 e. The highest BCUT2D eigenvalue weighted by Gasteiger charge is 2.28. The summed E-state index contributed by atoms with van der Waals surface area (Å²) in [5.74, 6) is -1.27. The van der Waals surface area contributed by atoms with Crippen LogP contribution in [-0.2, 0) is 17.8 Å². The Hall–Kier alpha value is -1.90. The Kier molecular flexibility index (Phi) is 4.73. The first kappa shape index (κ1) is 17.5. The van der Waals surface area contributed by atoms with Crippen LogP contribution in [0.15, 0.2) is 24.3 Å². The molecule has 1 N–H and O–H groups in total. The first-order chi connectivity index (χ1) is 12.6. The number of aromatic nitrogens is 1. The summed E-state index contributed by atoms with van der Waals surface area (Å²) >= 11 is 2.92. The molecule has 4 nitrogen and oxygen atoms in total. The Morgan fingerprint density at radius 2 is 2.15 bits per heavy atom. The molecule has 26 heavy (non-hydrogen) atoms. The number of thiazole rings is 1. The van der Waals surface area contributed by atoms with Crippen LogP contribution in [0.4, 0.5) is 13.8 Å². The molecular weight excluding hydrogens is 376 g/mol. The van der Waals surface area contributed by atoms with Crippen LogP contribution in [0.1, 0.15) is 17.4 Å². The van der Waals surface area contributed by atoms with Crippen LogP contribution in [0.2, 0.25) is 0 Å². The summed E-state index contributed by atoms with van der Waals surface area (Å²) in [5, 5.41) is 3.68. The molecule has 0 spiro atoms. The van der Waals surface area contributed by atoms with Gasteiger partial charge in [0.1, 0.15) is 10.0 Å². The Morgan fingerprint density at radius 1 is 1.35 bits per heavy atom. The number of carbonyl (C=O) groups is 1. The van der Waals surface area contributed by atoms with Gasteiger partial charge in [0, 0.05) is 23.5 Å². The Morgan fingerprint density at radius 3 is 2.88 bits per heavy atom. The van der Waals surface area contributed by atoms with Crippen LogP contribution in [-0.4, -0.2) is 35.3 Å². The second-order valence-electron chi connectivity index (χ2n) is 6.10. The van der Waals surface area contributed by atoms with Gasteiger partial charge in [-0.3, -0.25) is 9.69 Å². The number of anilines is 1. The van der Waals surface area contributed by atoms with Gasteiger partial charge in [-0.05, 0) is 30.7 Å². The summed E-state index contributed by atoms with van der Waals surface area (Å²) in [5.41, 5.74) is 2.82. The number of amides is 1. The van der Waals surface area contributed by atoms with Crippen LogP contribution < -0.4 is 5.32 Å². The van der Waals surface area contributed by atoms with Crippen molar-refractivity contribution in [3.8, 4) is 10.6 Å². The number of likely N-dealkylation sites (N-methyl/N-ethyl adjacent to an activating group) is 1. The molecule has 2 aromatic heterocycles. The number of nitrogens with one attached hydrogen (secondary N) is 1. The average Bonchev–Trinajstić information content (AvgIpc) is 3.20. The van der Waals surface area contributed by atoms with Gasteiger partial charge in [0.2, 0.25) is 0 Å². The molecule has 0 bridgehead atoms. The topological polar surface area (TPSA) is 45.2 Å². The third-order valence-electron chi connectivity index (χ3n) is 4.53. The van der Waals surface area contributed by atoms with Crippen molar-refractivity contribution in [2.24, 2.45) is 0 Å². The van der Waals surface area contributed by atoms with Gasteiger partial charge < -0.3 is 5.32 Å². The number of rotatable bonds is 4. The second kappa shape index (κ2) is 7.02. The highest BCUT2D eigenvalue weighted by molar-refractivity contribution is 7.22. The Balaban J connectivity index is 1.82. The minimum atomic E-state index is -3.04. The van der Waals surface area contributed by atoms with Gasteiger partial charge in [0.15, 0.2) is 0 Å². The molecule has 0 aliphatic carbocycles. The van der Waals surface area contributed by atoms with Gasteiger partial charge >= 0.3 is 6.43 Å². The first-order valence-corrected chi connectivity index (χ1v) is 10.0. The fourth-order valence-electron chi connectivity index (χ4n) is 3.19. The highest BCUT2D eigenvalue weighted by atomic mass is 32.1. The maximum atomic E-state index is 12.8. The standard InChI is InChI=1S/C18H17F2N3OS2/c1-2-23-8-7-10-13(9-23)26-18(22-16(24)15(19)20)14(10)17-21-11-5-3-4-6-12(11)25-17/h3-6,15H,2,7-9H2,1H3,(H,22,24). The number of fused-ring (bicyclic) bond motifs is 2. The number of para-hydroxylation sites is 1. The largest absolute Gasteiger partial charge is 0.315 e. The molecule has 0 saturated heterocycles. The van der Waals surface area contributed by atoms with Gasteiger partial charge in [0.25, 0.3) is 5.91 Å². The molecule has 1 amide bonds. The molecule has 1 aliphatic heterocycles. The molecule has 0 saturated carbocycles. The monoisotopic (exact) mass is 393 g/mol. The molecule has 0 atom stereocenters. The van der Waals surface area contributed by atoms with Gasteiger partial charge in [-0.25, -0.2) is 4.98 Å². The fraction of sp³-hybridized carbons (Fsp3) is 0.333. The number of halogens is 2. The number of hydrogen-bond acceptors (Lipinski definition) is 5. The van der Waals surface area contributed by atoms with Crippen LogP contribution in [0.5, 0.6) is 0 Å². The van der Waals surface area contributed by atoms with Gasteiger partial charge in [0.05, 0.1) is 10.2 Å². The predicted octanol–water partition coefficient (Wildman–Crippen LogP) is 4.61. The molecule has 1 aromatic carbocycles. The Bertz CT molecular complexity index is 934. The number of hydrogen-bond donors (Lipinski definition) is 1. The second-order valence-corrected chi connectivity index (χ2v) is 8.24. The number of alkyl halides is 2.